The molecule has 0 saturated heterocycles. The Morgan fingerprint density at radius 1 is 1.44 bits per heavy atom. The SMILES string of the molecule is Cc1cc(CNCC2CC(O)C2)c(C)n1C. The van der Waals surface area contributed by atoms with Gasteiger partial charge in [0, 0.05) is 25.0 Å². The summed E-state index contributed by atoms with van der Waals surface area (Å²) in [4.78, 5) is 0. The first-order valence-corrected chi connectivity index (χ1v) is 6.08. The molecule has 0 radical (unpaired) electrons. The lowest BCUT2D eigenvalue weighted by Crippen LogP contribution is -2.35. The van der Waals surface area contributed by atoms with Gasteiger partial charge < -0.3 is 15.0 Å². The average Bonchev–Trinajstić information content (AvgIpc) is 2.44. The lowest BCUT2D eigenvalue weighted by molar-refractivity contribution is 0.0429. The summed E-state index contributed by atoms with van der Waals surface area (Å²) in [6.45, 7) is 6.28. The normalized spacial score (nSPS) is 24.5. The number of aliphatic hydroxyl groups excluding tert-OH is 1. The molecule has 1 aromatic rings. The molecule has 1 heterocycles. The number of hydrogen-bond acceptors (Lipinski definition) is 2. The van der Waals surface area contributed by atoms with Gasteiger partial charge in [-0.2, -0.15) is 0 Å². The van der Waals surface area contributed by atoms with Crippen molar-refractivity contribution in [1.29, 1.82) is 0 Å². The summed E-state index contributed by atoms with van der Waals surface area (Å²) in [5.74, 6) is 0.681. The van der Waals surface area contributed by atoms with Gasteiger partial charge in [0.15, 0.2) is 0 Å². The van der Waals surface area contributed by atoms with Gasteiger partial charge in [0.1, 0.15) is 0 Å². The fourth-order valence-corrected chi connectivity index (χ4v) is 2.39. The molecule has 1 fully saturated rings. The third kappa shape index (κ3) is 2.30. The monoisotopic (exact) mass is 222 g/mol. The number of nitrogens with zero attached hydrogens (tertiary/aromatic N) is 1. The lowest BCUT2D eigenvalue weighted by Gasteiger charge is -2.31. The first kappa shape index (κ1) is 11.7. The van der Waals surface area contributed by atoms with Crippen LogP contribution >= 0.6 is 0 Å². The number of aromatic nitrogens is 1. The lowest BCUT2D eigenvalue weighted by atomic mass is 9.82. The molecule has 1 saturated carbocycles. The van der Waals surface area contributed by atoms with Crippen molar-refractivity contribution >= 4 is 0 Å². The molecule has 0 unspecified atom stereocenters. The van der Waals surface area contributed by atoms with Crippen molar-refractivity contribution in [2.75, 3.05) is 6.54 Å². The van der Waals surface area contributed by atoms with E-state index in [1.165, 1.54) is 17.0 Å². The first-order chi connectivity index (χ1) is 7.58. The predicted octanol–water partition coefficient (Wildman–Crippen LogP) is 1.50. The van der Waals surface area contributed by atoms with Crippen molar-refractivity contribution in [3.05, 3.63) is 23.0 Å². The molecule has 1 aliphatic carbocycles. The average molecular weight is 222 g/mol. The van der Waals surface area contributed by atoms with Gasteiger partial charge in [-0.3, -0.25) is 0 Å². The maximum atomic E-state index is 9.19. The van der Waals surface area contributed by atoms with Crippen LogP contribution in [-0.4, -0.2) is 22.3 Å². The highest BCUT2D eigenvalue weighted by molar-refractivity contribution is 5.26. The standard InChI is InChI=1S/C13H22N2O/c1-9-4-12(10(2)15(9)3)8-14-7-11-5-13(16)6-11/h4,11,13-14,16H,5-8H2,1-3H3. The summed E-state index contributed by atoms with van der Waals surface area (Å²) >= 11 is 0. The maximum absolute atomic E-state index is 9.19. The van der Waals surface area contributed by atoms with Crippen LogP contribution in [0.3, 0.4) is 0 Å². The van der Waals surface area contributed by atoms with E-state index in [1.807, 2.05) is 0 Å². The number of nitrogens with one attached hydrogen (secondary N) is 1. The number of rotatable bonds is 4. The van der Waals surface area contributed by atoms with E-state index in [4.69, 9.17) is 0 Å². The molecule has 0 bridgehead atoms. The van der Waals surface area contributed by atoms with Gasteiger partial charge in [-0.25, -0.2) is 0 Å². The summed E-state index contributed by atoms with van der Waals surface area (Å²) < 4.78 is 2.23. The van der Waals surface area contributed by atoms with Gasteiger partial charge in [-0.05, 0) is 50.8 Å². The van der Waals surface area contributed by atoms with Gasteiger partial charge in [0.2, 0.25) is 0 Å². The van der Waals surface area contributed by atoms with Crippen LogP contribution in [0.15, 0.2) is 6.07 Å². The number of aryl methyl sites for hydroxylation is 1. The van der Waals surface area contributed by atoms with Crippen LogP contribution in [0.25, 0.3) is 0 Å². The quantitative estimate of drug-likeness (QED) is 0.810. The van der Waals surface area contributed by atoms with Crippen molar-refractivity contribution in [2.24, 2.45) is 13.0 Å². The van der Waals surface area contributed by atoms with E-state index >= 15 is 0 Å². The molecule has 2 rings (SSSR count). The van der Waals surface area contributed by atoms with Crippen LogP contribution in [0.4, 0.5) is 0 Å². The summed E-state index contributed by atoms with van der Waals surface area (Å²) in [6, 6.07) is 2.25. The first-order valence-electron chi connectivity index (χ1n) is 6.08. The Hall–Kier alpha value is -0.800. The Bertz CT molecular complexity index is 364. The molecule has 1 aromatic heterocycles. The Labute approximate surface area is 97.5 Å². The van der Waals surface area contributed by atoms with Crippen molar-refractivity contribution < 1.29 is 5.11 Å². The van der Waals surface area contributed by atoms with Crippen LogP contribution in [0, 0.1) is 19.8 Å². The Balaban J connectivity index is 1.79. The number of hydrogen-bond donors (Lipinski definition) is 2. The predicted molar refractivity (Wildman–Crippen MR) is 65.3 cm³/mol. The second-order valence-electron chi connectivity index (χ2n) is 5.08. The van der Waals surface area contributed by atoms with Crippen molar-refractivity contribution in [1.82, 2.24) is 9.88 Å². The molecular weight excluding hydrogens is 200 g/mol. The molecule has 0 atom stereocenters. The van der Waals surface area contributed by atoms with Gasteiger partial charge in [0.25, 0.3) is 0 Å². The summed E-state index contributed by atoms with van der Waals surface area (Å²) in [7, 11) is 2.11. The largest absolute Gasteiger partial charge is 0.393 e. The minimum absolute atomic E-state index is 0.0347. The van der Waals surface area contributed by atoms with E-state index in [1.54, 1.807) is 0 Å². The van der Waals surface area contributed by atoms with Crippen molar-refractivity contribution in [2.45, 2.75) is 39.3 Å². The highest BCUT2D eigenvalue weighted by atomic mass is 16.3. The third-order valence-electron chi connectivity index (χ3n) is 3.84. The topological polar surface area (TPSA) is 37.2 Å². The third-order valence-corrected chi connectivity index (χ3v) is 3.84. The minimum atomic E-state index is -0.0347. The Morgan fingerprint density at radius 3 is 2.62 bits per heavy atom. The van der Waals surface area contributed by atoms with Gasteiger partial charge in [0.05, 0.1) is 6.10 Å². The molecule has 1 aliphatic rings. The Morgan fingerprint density at radius 2 is 2.12 bits per heavy atom. The Kier molecular flexibility index (Phi) is 3.36. The van der Waals surface area contributed by atoms with Gasteiger partial charge >= 0.3 is 0 Å². The molecule has 0 aromatic carbocycles. The summed E-state index contributed by atoms with van der Waals surface area (Å²) in [6.07, 6.45) is 1.91. The molecule has 16 heavy (non-hydrogen) atoms. The van der Waals surface area contributed by atoms with E-state index in [0.29, 0.717) is 5.92 Å². The smallest absolute Gasteiger partial charge is 0.0546 e. The highest BCUT2D eigenvalue weighted by Crippen LogP contribution is 2.26. The summed E-state index contributed by atoms with van der Waals surface area (Å²) in [5, 5.41) is 12.7. The van der Waals surface area contributed by atoms with E-state index in [-0.39, 0.29) is 6.10 Å². The molecule has 2 N–H and O–H groups in total. The fourth-order valence-electron chi connectivity index (χ4n) is 2.39. The van der Waals surface area contributed by atoms with Gasteiger partial charge in [-0.15, -0.1) is 0 Å². The zero-order valence-corrected chi connectivity index (χ0v) is 10.5. The van der Waals surface area contributed by atoms with Gasteiger partial charge in [-0.1, -0.05) is 0 Å². The molecule has 3 heteroatoms. The fraction of sp³-hybridized carbons (Fsp3) is 0.692. The van der Waals surface area contributed by atoms with E-state index < -0.39 is 0 Å². The van der Waals surface area contributed by atoms with E-state index in [9.17, 15) is 5.11 Å². The van der Waals surface area contributed by atoms with E-state index in [2.05, 4.69) is 36.8 Å². The van der Waals surface area contributed by atoms with E-state index in [0.717, 1.165) is 25.9 Å². The zero-order valence-electron chi connectivity index (χ0n) is 10.5. The molecule has 3 nitrogen and oxygen atoms in total. The highest BCUT2D eigenvalue weighted by Gasteiger charge is 2.26. The van der Waals surface area contributed by atoms with Crippen molar-refractivity contribution in [3.63, 3.8) is 0 Å². The number of aliphatic hydroxyl groups is 1. The second-order valence-corrected chi connectivity index (χ2v) is 5.08. The maximum Gasteiger partial charge on any atom is 0.0546 e. The van der Waals surface area contributed by atoms with Crippen LogP contribution in [-0.2, 0) is 13.6 Å². The molecule has 0 amide bonds. The van der Waals surface area contributed by atoms with Crippen LogP contribution in [0.2, 0.25) is 0 Å². The van der Waals surface area contributed by atoms with Crippen LogP contribution < -0.4 is 5.32 Å². The minimum Gasteiger partial charge on any atom is -0.393 e. The molecule has 0 aliphatic heterocycles. The molecule has 90 valence electrons. The zero-order chi connectivity index (χ0) is 11.7. The van der Waals surface area contributed by atoms with Crippen LogP contribution in [0.1, 0.15) is 29.8 Å². The van der Waals surface area contributed by atoms with Crippen molar-refractivity contribution in [3.8, 4) is 0 Å². The summed E-state index contributed by atoms with van der Waals surface area (Å²) in [5.41, 5.74) is 4.05. The molecular formula is C13H22N2O. The second kappa shape index (κ2) is 4.60. The molecule has 0 spiro atoms. The van der Waals surface area contributed by atoms with Crippen LogP contribution in [0.5, 0.6) is 0 Å².